The van der Waals surface area contributed by atoms with Crippen LogP contribution in [-0.2, 0) is 13.0 Å². The van der Waals surface area contributed by atoms with Gasteiger partial charge in [-0.25, -0.2) is 4.79 Å². The van der Waals surface area contributed by atoms with Crippen molar-refractivity contribution in [2.45, 2.75) is 57.5 Å². The molecule has 0 bridgehead atoms. The molecule has 3 aliphatic rings. The minimum atomic E-state index is -0.879. The first-order valence-corrected chi connectivity index (χ1v) is 8.10. The molecule has 1 atom stereocenters. The van der Waals surface area contributed by atoms with Crippen molar-refractivity contribution in [1.82, 2.24) is 9.88 Å². The first kappa shape index (κ1) is 13.3. The zero-order valence-corrected chi connectivity index (χ0v) is 12.3. The van der Waals surface area contributed by atoms with Gasteiger partial charge in [0.2, 0.25) is 0 Å². The van der Waals surface area contributed by atoms with Gasteiger partial charge in [0.05, 0.1) is 11.3 Å². The molecule has 1 aromatic heterocycles. The smallest absolute Gasteiger partial charge is 0.337 e. The van der Waals surface area contributed by atoms with Gasteiger partial charge in [0.1, 0.15) is 0 Å². The van der Waals surface area contributed by atoms with Gasteiger partial charge in [0.25, 0.3) is 0 Å². The van der Waals surface area contributed by atoms with E-state index in [1.54, 1.807) is 0 Å². The van der Waals surface area contributed by atoms with E-state index in [-0.39, 0.29) is 0 Å². The molecular weight excluding hydrogens is 264 g/mol. The number of fused-ring (bicyclic) bond motifs is 1. The number of carboxylic acids is 1. The van der Waals surface area contributed by atoms with E-state index in [4.69, 9.17) is 5.11 Å². The topological polar surface area (TPSA) is 53.4 Å². The van der Waals surface area contributed by atoms with Crippen LogP contribution in [0.3, 0.4) is 0 Å². The van der Waals surface area contributed by atoms with Crippen molar-refractivity contribution >= 4 is 5.97 Å². The van der Waals surface area contributed by atoms with Crippen LogP contribution in [0.15, 0.2) is 12.3 Å². The quantitative estimate of drug-likeness (QED) is 0.908. The number of aromatic carboxylic acids is 1. The highest BCUT2D eigenvalue weighted by atomic mass is 16.4. The summed E-state index contributed by atoms with van der Waals surface area (Å²) < 4.78 is 0. The molecule has 21 heavy (non-hydrogen) atoms. The summed E-state index contributed by atoms with van der Waals surface area (Å²) in [5, 5.41) is 9.05. The van der Waals surface area contributed by atoms with Crippen molar-refractivity contribution in [2.75, 3.05) is 6.54 Å². The lowest BCUT2D eigenvalue weighted by Crippen LogP contribution is -2.39. The number of nitrogens with zero attached hydrogens (tertiary/aromatic N) is 2. The number of hydrogen-bond acceptors (Lipinski definition) is 3. The second kappa shape index (κ2) is 4.80. The van der Waals surface area contributed by atoms with E-state index >= 15 is 0 Å². The number of hydrogen-bond donors (Lipinski definition) is 1. The fraction of sp³-hybridized carbons (Fsp3) is 0.647. The summed E-state index contributed by atoms with van der Waals surface area (Å²) in [6.07, 6.45) is 10.9. The summed E-state index contributed by atoms with van der Waals surface area (Å²) in [4.78, 5) is 18.0. The van der Waals surface area contributed by atoms with Crippen molar-refractivity contribution in [3.05, 3.63) is 29.1 Å². The third-order valence-electron chi connectivity index (χ3n) is 5.94. The number of pyridine rings is 1. The van der Waals surface area contributed by atoms with Gasteiger partial charge >= 0.3 is 5.97 Å². The molecule has 112 valence electrons. The Kier molecular flexibility index (Phi) is 3.03. The van der Waals surface area contributed by atoms with E-state index in [1.807, 2.05) is 6.07 Å². The van der Waals surface area contributed by atoms with Crippen LogP contribution >= 0.6 is 0 Å². The van der Waals surface area contributed by atoms with E-state index in [1.165, 1.54) is 44.7 Å². The van der Waals surface area contributed by atoms with Crippen LogP contribution in [0.1, 0.15) is 60.1 Å². The Morgan fingerprint density at radius 3 is 2.90 bits per heavy atom. The number of aromatic nitrogens is 1. The predicted molar refractivity (Wildman–Crippen MR) is 79.2 cm³/mol. The molecule has 4 rings (SSSR count). The van der Waals surface area contributed by atoms with Crippen molar-refractivity contribution in [1.29, 1.82) is 0 Å². The van der Waals surface area contributed by atoms with Gasteiger partial charge in [-0.2, -0.15) is 0 Å². The normalized spacial score (nSPS) is 27.3. The van der Waals surface area contributed by atoms with Crippen molar-refractivity contribution in [3.8, 4) is 0 Å². The first-order chi connectivity index (χ1) is 10.2. The van der Waals surface area contributed by atoms with Crippen molar-refractivity contribution in [3.63, 3.8) is 0 Å². The van der Waals surface area contributed by atoms with Gasteiger partial charge < -0.3 is 5.11 Å². The molecule has 4 heteroatoms. The molecule has 1 aromatic rings. The van der Waals surface area contributed by atoms with Crippen LogP contribution in [0.5, 0.6) is 0 Å². The van der Waals surface area contributed by atoms with Gasteiger partial charge in [0.15, 0.2) is 0 Å². The summed E-state index contributed by atoms with van der Waals surface area (Å²) in [5.74, 6) is -0.879. The highest BCUT2D eigenvalue weighted by Crippen LogP contribution is 2.54. The van der Waals surface area contributed by atoms with E-state index in [9.17, 15) is 4.79 Å². The van der Waals surface area contributed by atoms with Gasteiger partial charge in [-0.15, -0.1) is 0 Å². The Bertz CT molecular complexity index is 580. The molecular formula is C17H22N2O2. The highest BCUT2D eigenvalue weighted by molar-refractivity contribution is 5.87. The average Bonchev–Trinajstić information content (AvgIpc) is 2.91. The largest absolute Gasteiger partial charge is 0.478 e. The Hall–Kier alpha value is -1.42. The Morgan fingerprint density at radius 1 is 1.38 bits per heavy atom. The maximum Gasteiger partial charge on any atom is 0.337 e. The summed E-state index contributed by atoms with van der Waals surface area (Å²) in [6.45, 7) is 1.95. The number of carbonyl (C=O) groups is 1. The Morgan fingerprint density at radius 2 is 2.24 bits per heavy atom. The average molecular weight is 286 g/mol. The van der Waals surface area contributed by atoms with E-state index in [2.05, 4.69) is 9.88 Å². The van der Waals surface area contributed by atoms with Crippen LogP contribution in [0.25, 0.3) is 0 Å². The van der Waals surface area contributed by atoms with Gasteiger partial charge in [0, 0.05) is 25.3 Å². The molecule has 1 spiro atoms. The Labute approximate surface area is 125 Å². The maximum absolute atomic E-state index is 11.0. The van der Waals surface area contributed by atoms with Gasteiger partial charge in [-0.1, -0.05) is 6.42 Å². The molecule has 2 fully saturated rings. The third-order valence-corrected chi connectivity index (χ3v) is 5.94. The van der Waals surface area contributed by atoms with Crippen molar-refractivity contribution < 1.29 is 9.90 Å². The number of rotatable bonds is 2. The lowest BCUT2D eigenvalue weighted by Gasteiger charge is -2.40. The standard InChI is InChI=1S/C17H22N2O2/c20-16(21)13-8-12-3-7-19(11-15(12)18-10-13)14-2-6-17(9-14)4-1-5-17/h8,10,14H,1-7,9,11H2,(H,20,21)/t14-/m0/s1. The summed E-state index contributed by atoms with van der Waals surface area (Å²) in [7, 11) is 0. The van der Waals surface area contributed by atoms with Crippen LogP contribution in [0, 0.1) is 5.41 Å². The SMILES string of the molecule is O=C(O)c1cnc2c(c1)CCN([C@H]1CCC3(CCC3)C1)C2. The van der Waals surface area contributed by atoms with Crippen LogP contribution in [-0.4, -0.2) is 33.5 Å². The molecule has 2 heterocycles. The molecule has 2 aliphatic carbocycles. The van der Waals surface area contributed by atoms with E-state index < -0.39 is 5.97 Å². The van der Waals surface area contributed by atoms with Gasteiger partial charge in [-0.05, 0) is 55.6 Å². The monoisotopic (exact) mass is 286 g/mol. The second-order valence-corrected chi connectivity index (χ2v) is 7.11. The molecule has 0 aromatic carbocycles. The van der Waals surface area contributed by atoms with Crippen LogP contribution in [0.4, 0.5) is 0 Å². The fourth-order valence-electron chi connectivity index (χ4n) is 4.48. The molecule has 0 unspecified atom stereocenters. The number of carboxylic acid groups (broad SMARTS) is 1. The maximum atomic E-state index is 11.0. The molecule has 1 N–H and O–H groups in total. The minimum Gasteiger partial charge on any atom is -0.478 e. The van der Waals surface area contributed by atoms with E-state index in [0.29, 0.717) is 11.0 Å². The third kappa shape index (κ3) is 2.26. The van der Waals surface area contributed by atoms with E-state index in [0.717, 1.165) is 36.8 Å². The molecule has 4 nitrogen and oxygen atoms in total. The highest BCUT2D eigenvalue weighted by Gasteiger charge is 2.45. The molecule has 2 saturated carbocycles. The Balaban J connectivity index is 1.48. The summed E-state index contributed by atoms with van der Waals surface area (Å²) >= 11 is 0. The molecule has 0 saturated heterocycles. The minimum absolute atomic E-state index is 0.316. The lowest BCUT2D eigenvalue weighted by atomic mass is 9.67. The molecule has 0 amide bonds. The van der Waals surface area contributed by atoms with Crippen LogP contribution < -0.4 is 0 Å². The lowest BCUT2D eigenvalue weighted by molar-refractivity contribution is 0.0695. The summed E-state index contributed by atoms with van der Waals surface area (Å²) in [6, 6.07) is 2.53. The van der Waals surface area contributed by atoms with Crippen molar-refractivity contribution in [2.24, 2.45) is 5.41 Å². The molecule has 1 aliphatic heterocycles. The predicted octanol–water partition coefficient (Wildman–Crippen LogP) is 2.86. The summed E-state index contributed by atoms with van der Waals surface area (Å²) in [5.41, 5.74) is 3.21. The fourth-order valence-corrected chi connectivity index (χ4v) is 4.48. The zero-order valence-electron chi connectivity index (χ0n) is 12.3. The second-order valence-electron chi connectivity index (χ2n) is 7.11. The zero-order chi connectivity index (χ0) is 14.4. The molecule has 0 radical (unpaired) electrons. The van der Waals surface area contributed by atoms with Gasteiger partial charge in [-0.3, -0.25) is 9.88 Å². The van der Waals surface area contributed by atoms with Crippen LogP contribution in [0.2, 0.25) is 0 Å². The first-order valence-electron chi connectivity index (χ1n) is 8.10.